The third-order valence-corrected chi connectivity index (χ3v) is 4.03. The maximum atomic E-state index is 9.85. The van der Waals surface area contributed by atoms with Crippen LogP contribution in [0.2, 0.25) is 0 Å². The summed E-state index contributed by atoms with van der Waals surface area (Å²) in [6.45, 7) is 3.37. The number of hydrogen-bond donors (Lipinski definition) is 7. The highest BCUT2D eigenvalue weighted by Crippen LogP contribution is 2.19. The van der Waals surface area contributed by atoms with Gasteiger partial charge in [-0.15, -0.1) is 0 Å². The molecule has 0 bridgehead atoms. The second-order valence-corrected chi connectivity index (χ2v) is 7.21. The van der Waals surface area contributed by atoms with Gasteiger partial charge in [0.05, 0.1) is 63.4 Å². The normalized spacial score (nSPS) is 17.2. The minimum absolute atomic E-state index is 0.192. The van der Waals surface area contributed by atoms with Crippen LogP contribution < -0.4 is 21.3 Å². The van der Waals surface area contributed by atoms with Gasteiger partial charge >= 0.3 is 0 Å². The Bertz CT molecular complexity index is 308. The van der Waals surface area contributed by atoms with Crippen LogP contribution in [-0.2, 0) is 14.2 Å². The minimum Gasteiger partial charge on any atom is -0.389 e. The van der Waals surface area contributed by atoms with Gasteiger partial charge in [0.25, 0.3) is 0 Å². The summed E-state index contributed by atoms with van der Waals surface area (Å²) in [6, 6.07) is 0. The summed E-state index contributed by atoms with van der Waals surface area (Å²) in [5, 5.41) is 41.4. The lowest BCUT2D eigenvalue weighted by Gasteiger charge is -2.34. The molecule has 0 aromatic carbocycles. The Morgan fingerprint density at radius 1 is 0.607 bits per heavy atom. The Balaban J connectivity index is 4.77. The molecule has 0 aliphatic rings. The number of aliphatic hydroxyl groups is 3. The second-order valence-electron chi connectivity index (χ2n) is 7.21. The standard InChI is InChI=1S/C18H42N4O6/c1-19-5-15(23)8-26-12-18(11-22-4,13-27-9-16(24)6-20-2)14-28-10-17(25)7-21-3/h15-17,19-25H,5-14H2,1-4H3. The summed E-state index contributed by atoms with van der Waals surface area (Å²) in [5.74, 6) is 0. The molecule has 3 unspecified atom stereocenters. The van der Waals surface area contributed by atoms with Gasteiger partial charge in [0.2, 0.25) is 0 Å². The zero-order chi connectivity index (χ0) is 21.3. The van der Waals surface area contributed by atoms with Gasteiger partial charge in [-0.25, -0.2) is 0 Å². The fourth-order valence-corrected chi connectivity index (χ4v) is 2.77. The summed E-state index contributed by atoms with van der Waals surface area (Å²) in [5.41, 5.74) is -0.521. The molecule has 0 saturated heterocycles. The molecular formula is C18H42N4O6. The molecular weight excluding hydrogens is 368 g/mol. The van der Waals surface area contributed by atoms with E-state index in [4.69, 9.17) is 14.2 Å². The van der Waals surface area contributed by atoms with Gasteiger partial charge < -0.3 is 50.8 Å². The van der Waals surface area contributed by atoms with Gasteiger partial charge in [-0.3, -0.25) is 0 Å². The first-order chi connectivity index (χ1) is 13.4. The maximum absolute atomic E-state index is 9.85. The monoisotopic (exact) mass is 410 g/mol. The predicted octanol–water partition coefficient (Wildman–Crippen LogP) is -3.02. The van der Waals surface area contributed by atoms with E-state index < -0.39 is 23.7 Å². The highest BCUT2D eigenvalue weighted by molar-refractivity contribution is 4.82. The zero-order valence-corrected chi connectivity index (χ0v) is 17.9. The van der Waals surface area contributed by atoms with Crippen LogP contribution in [0.25, 0.3) is 0 Å². The van der Waals surface area contributed by atoms with Crippen LogP contribution >= 0.6 is 0 Å². The Hall–Kier alpha value is -0.400. The molecule has 0 aromatic rings. The van der Waals surface area contributed by atoms with Crippen LogP contribution in [0.4, 0.5) is 0 Å². The molecule has 0 fully saturated rings. The molecule has 0 aromatic heterocycles. The van der Waals surface area contributed by atoms with Gasteiger partial charge in [0.1, 0.15) is 0 Å². The summed E-state index contributed by atoms with van der Waals surface area (Å²) >= 11 is 0. The fourth-order valence-electron chi connectivity index (χ4n) is 2.77. The highest BCUT2D eigenvalue weighted by atomic mass is 16.5. The third kappa shape index (κ3) is 13.7. The van der Waals surface area contributed by atoms with Gasteiger partial charge in [-0.05, 0) is 28.2 Å². The number of rotatable bonds is 20. The van der Waals surface area contributed by atoms with E-state index >= 15 is 0 Å². The molecule has 7 N–H and O–H groups in total. The minimum atomic E-state index is -0.603. The van der Waals surface area contributed by atoms with Crippen LogP contribution in [0, 0.1) is 5.41 Å². The number of hydrogen-bond acceptors (Lipinski definition) is 10. The van der Waals surface area contributed by atoms with Crippen molar-refractivity contribution in [3.05, 3.63) is 0 Å². The molecule has 28 heavy (non-hydrogen) atoms. The first-order valence-corrected chi connectivity index (χ1v) is 9.78. The lowest BCUT2D eigenvalue weighted by atomic mass is 9.91. The Labute approximate surface area is 169 Å². The van der Waals surface area contributed by atoms with Crippen LogP contribution in [0.1, 0.15) is 0 Å². The first-order valence-electron chi connectivity index (χ1n) is 9.78. The van der Waals surface area contributed by atoms with E-state index in [1.807, 2.05) is 7.05 Å². The molecule has 170 valence electrons. The lowest BCUT2D eigenvalue weighted by Crippen LogP contribution is -2.46. The van der Waals surface area contributed by atoms with E-state index in [1.165, 1.54) is 0 Å². The summed E-state index contributed by atoms with van der Waals surface area (Å²) in [4.78, 5) is 0. The molecule has 0 amide bonds. The molecule has 0 spiro atoms. The highest BCUT2D eigenvalue weighted by Gasteiger charge is 2.32. The summed E-state index contributed by atoms with van der Waals surface area (Å²) in [7, 11) is 7.13. The fraction of sp³-hybridized carbons (Fsp3) is 1.00. The molecule has 0 saturated carbocycles. The number of likely N-dealkylation sites (N-methyl/N-ethyl adjacent to an activating group) is 3. The Kier molecular flexibility index (Phi) is 17.2. The van der Waals surface area contributed by atoms with Crippen molar-refractivity contribution < 1.29 is 29.5 Å². The topological polar surface area (TPSA) is 136 Å². The average Bonchev–Trinajstić information content (AvgIpc) is 2.62. The largest absolute Gasteiger partial charge is 0.389 e. The molecule has 0 radical (unpaired) electrons. The molecule has 0 aliphatic carbocycles. The van der Waals surface area contributed by atoms with Crippen molar-refractivity contribution in [2.75, 3.05) is 94.0 Å². The molecule has 10 heteroatoms. The Morgan fingerprint density at radius 2 is 0.929 bits per heavy atom. The number of nitrogens with one attached hydrogen (secondary N) is 4. The van der Waals surface area contributed by atoms with Crippen LogP contribution in [-0.4, -0.2) is 128 Å². The maximum Gasteiger partial charge on any atom is 0.0897 e. The van der Waals surface area contributed by atoms with Crippen LogP contribution in [0.3, 0.4) is 0 Å². The number of ether oxygens (including phenoxy) is 3. The third-order valence-electron chi connectivity index (χ3n) is 4.03. The predicted molar refractivity (Wildman–Crippen MR) is 109 cm³/mol. The number of aliphatic hydroxyl groups excluding tert-OH is 3. The van der Waals surface area contributed by atoms with E-state index in [0.717, 1.165) is 0 Å². The van der Waals surface area contributed by atoms with Gasteiger partial charge in [-0.1, -0.05) is 0 Å². The van der Waals surface area contributed by atoms with Gasteiger partial charge in [0, 0.05) is 26.2 Å². The van der Waals surface area contributed by atoms with Gasteiger partial charge in [0.15, 0.2) is 0 Å². The van der Waals surface area contributed by atoms with Crippen molar-refractivity contribution in [1.82, 2.24) is 21.3 Å². The quantitative estimate of drug-likeness (QED) is 0.111. The van der Waals surface area contributed by atoms with Crippen molar-refractivity contribution >= 4 is 0 Å². The lowest BCUT2D eigenvalue weighted by molar-refractivity contribution is -0.0961. The van der Waals surface area contributed by atoms with Crippen molar-refractivity contribution in [3.8, 4) is 0 Å². The van der Waals surface area contributed by atoms with Crippen molar-refractivity contribution in [3.63, 3.8) is 0 Å². The molecule has 0 aliphatic heterocycles. The van der Waals surface area contributed by atoms with E-state index in [-0.39, 0.29) is 19.8 Å². The first kappa shape index (κ1) is 27.6. The zero-order valence-electron chi connectivity index (χ0n) is 17.9. The van der Waals surface area contributed by atoms with Crippen LogP contribution in [0.15, 0.2) is 0 Å². The molecule has 0 rings (SSSR count). The van der Waals surface area contributed by atoms with Crippen molar-refractivity contribution in [1.29, 1.82) is 0 Å². The summed E-state index contributed by atoms with van der Waals surface area (Å²) in [6.07, 6.45) is -1.81. The van der Waals surface area contributed by atoms with Crippen molar-refractivity contribution in [2.45, 2.75) is 18.3 Å². The molecule has 0 heterocycles. The average molecular weight is 411 g/mol. The molecule has 3 atom stereocenters. The van der Waals surface area contributed by atoms with Crippen molar-refractivity contribution in [2.24, 2.45) is 5.41 Å². The smallest absolute Gasteiger partial charge is 0.0897 e. The Morgan fingerprint density at radius 3 is 1.18 bits per heavy atom. The SMILES string of the molecule is CNCC(O)COCC(CNC)(COCC(O)CNC)COCC(O)CNC. The summed E-state index contributed by atoms with van der Waals surface area (Å²) < 4.78 is 17.2. The van der Waals surface area contributed by atoms with Crippen LogP contribution in [0.5, 0.6) is 0 Å². The molecule has 10 nitrogen and oxygen atoms in total. The van der Waals surface area contributed by atoms with Gasteiger partial charge in [-0.2, -0.15) is 0 Å². The van der Waals surface area contributed by atoms with E-state index in [1.54, 1.807) is 21.1 Å². The van der Waals surface area contributed by atoms with E-state index in [9.17, 15) is 15.3 Å². The van der Waals surface area contributed by atoms with E-state index in [2.05, 4.69) is 21.3 Å². The van der Waals surface area contributed by atoms with E-state index in [0.29, 0.717) is 46.0 Å². The second kappa shape index (κ2) is 17.5.